The molecule has 1 heterocycles. The largest absolute Gasteiger partial charge is 0.314 e. The molecule has 2 atom stereocenters. The van der Waals surface area contributed by atoms with Gasteiger partial charge in [-0.1, -0.05) is 30.3 Å². The monoisotopic (exact) mass is 376 g/mol. The molecule has 1 aliphatic rings. The Labute approximate surface area is 154 Å². The molecule has 0 aromatic heterocycles. The summed E-state index contributed by atoms with van der Waals surface area (Å²) in [5, 5.41) is 3.48. The quantitative estimate of drug-likeness (QED) is 0.781. The Morgan fingerprint density at radius 1 is 1.08 bits per heavy atom. The first-order valence-corrected chi connectivity index (χ1v) is 10.5. The van der Waals surface area contributed by atoms with Crippen LogP contribution >= 0.6 is 0 Å². The average molecular weight is 376 g/mol. The van der Waals surface area contributed by atoms with Crippen LogP contribution in [-0.2, 0) is 16.4 Å². The van der Waals surface area contributed by atoms with Crippen LogP contribution in [-0.4, -0.2) is 27.5 Å². The van der Waals surface area contributed by atoms with Gasteiger partial charge in [0.25, 0.3) is 0 Å². The van der Waals surface area contributed by atoms with Crippen molar-refractivity contribution in [1.82, 2.24) is 10.0 Å². The average Bonchev–Trinajstić information content (AvgIpc) is 2.63. The predicted molar refractivity (Wildman–Crippen MR) is 101 cm³/mol. The van der Waals surface area contributed by atoms with Crippen molar-refractivity contribution >= 4 is 10.0 Å². The zero-order valence-electron chi connectivity index (χ0n) is 14.7. The molecule has 1 aliphatic heterocycles. The summed E-state index contributed by atoms with van der Waals surface area (Å²) in [6, 6.07) is 15.7. The lowest BCUT2D eigenvalue weighted by atomic mass is 9.86. The Balaban J connectivity index is 1.47. The van der Waals surface area contributed by atoms with E-state index in [1.165, 1.54) is 17.7 Å². The van der Waals surface area contributed by atoms with Crippen molar-refractivity contribution in [1.29, 1.82) is 0 Å². The summed E-state index contributed by atoms with van der Waals surface area (Å²) in [6.07, 6.45) is 4.01. The highest BCUT2D eigenvalue weighted by atomic mass is 32.2. The molecule has 0 spiro atoms. The van der Waals surface area contributed by atoms with E-state index in [4.69, 9.17) is 0 Å². The lowest BCUT2D eigenvalue weighted by molar-refractivity contribution is 0.290. The molecule has 2 aromatic rings. The normalized spacial score (nSPS) is 20.8. The Morgan fingerprint density at radius 3 is 2.54 bits per heavy atom. The fourth-order valence-corrected chi connectivity index (χ4v) is 4.56. The van der Waals surface area contributed by atoms with Gasteiger partial charge in [-0.25, -0.2) is 17.5 Å². The fraction of sp³-hybridized carbons (Fsp3) is 0.400. The number of hydrogen-bond donors (Lipinski definition) is 2. The second-order valence-corrected chi connectivity index (χ2v) is 8.64. The molecule has 0 radical (unpaired) electrons. The van der Waals surface area contributed by atoms with Gasteiger partial charge >= 0.3 is 0 Å². The SMILES string of the molecule is O=S(=O)(NCC[C@@H]1C[C@@H](Cc2ccccc2)CCN1)c1ccc(F)cc1. The number of benzene rings is 2. The molecular weight excluding hydrogens is 351 g/mol. The third-order valence-electron chi connectivity index (χ3n) is 4.88. The Hall–Kier alpha value is -1.76. The molecule has 6 heteroatoms. The van der Waals surface area contributed by atoms with Gasteiger partial charge in [-0.05, 0) is 68.0 Å². The van der Waals surface area contributed by atoms with Crippen LogP contribution in [0.25, 0.3) is 0 Å². The number of rotatable bonds is 7. The van der Waals surface area contributed by atoms with Crippen LogP contribution in [0.4, 0.5) is 4.39 Å². The van der Waals surface area contributed by atoms with Crippen LogP contribution in [0.15, 0.2) is 59.5 Å². The molecule has 0 bridgehead atoms. The summed E-state index contributed by atoms with van der Waals surface area (Å²) in [5.74, 6) is 0.178. The molecule has 2 aromatic carbocycles. The Bertz CT molecular complexity index is 794. The number of hydrogen-bond acceptors (Lipinski definition) is 3. The van der Waals surface area contributed by atoms with Crippen LogP contribution < -0.4 is 10.0 Å². The summed E-state index contributed by atoms with van der Waals surface area (Å²) in [5.41, 5.74) is 1.36. The molecule has 140 valence electrons. The molecule has 26 heavy (non-hydrogen) atoms. The zero-order valence-corrected chi connectivity index (χ0v) is 15.5. The summed E-state index contributed by atoms with van der Waals surface area (Å²) in [7, 11) is -3.58. The summed E-state index contributed by atoms with van der Waals surface area (Å²) >= 11 is 0. The third kappa shape index (κ3) is 5.37. The van der Waals surface area contributed by atoms with Crippen LogP contribution in [0, 0.1) is 11.7 Å². The minimum Gasteiger partial charge on any atom is -0.314 e. The lowest BCUT2D eigenvalue weighted by Crippen LogP contribution is -2.41. The highest BCUT2D eigenvalue weighted by Crippen LogP contribution is 2.22. The van der Waals surface area contributed by atoms with E-state index in [1.807, 2.05) is 6.07 Å². The lowest BCUT2D eigenvalue weighted by Gasteiger charge is -2.30. The molecule has 0 unspecified atom stereocenters. The van der Waals surface area contributed by atoms with E-state index in [2.05, 4.69) is 34.3 Å². The second kappa shape index (κ2) is 8.75. The maximum absolute atomic E-state index is 12.9. The van der Waals surface area contributed by atoms with Crippen molar-refractivity contribution in [3.8, 4) is 0 Å². The van der Waals surface area contributed by atoms with E-state index < -0.39 is 15.8 Å². The summed E-state index contributed by atoms with van der Waals surface area (Å²) < 4.78 is 40.0. The van der Waals surface area contributed by atoms with Crippen LogP contribution in [0.2, 0.25) is 0 Å². The highest BCUT2D eigenvalue weighted by molar-refractivity contribution is 7.89. The van der Waals surface area contributed by atoms with Gasteiger partial charge in [0.1, 0.15) is 5.82 Å². The minimum atomic E-state index is -3.58. The molecule has 0 saturated carbocycles. The molecule has 2 N–H and O–H groups in total. The molecular formula is C20H25FN2O2S. The van der Waals surface area contributed by atoms with Crippen LogP contribution in [0.3, 0.4) is 0 Å². The van der Waals surface area contributed by atoms with Crippen molar-refractivity contribution in [2.75, 3.05) is 13.1 Å². The van der Waals surface area contributed by atoms with Crippen LogP contribution in [0.1, 0.15) is 24.8 Å². The Morgan fingerprint density at radius 2 is 1.81 bits per heavy atom. The van der Waals surface area contributed by atoms with Crippen molar-refractivity contribution in [2.45, 2.75) is 36.6 Å². The molecule has 1 saturated heterocycles. The first-order valence-electron chi connectivity index (χ1n) is 9.05. The van der Waals surface area contributed by atoms with E-state index in [1.54, 1.807) is 0 Å². The fourth-order valence-electron chi connectivity index (χ4n) is 3.51. The second-order valence-electron chi connectivity index (χ2n) is 6.87. The van der Waals surface area contributed by atoms with Crippen molar-refractivity contribution < 1.29 is 12.8 Å². The third-order valence-corrected chi connectivity index (χ3v) is 6.36. The molecule has 1 fully saturated rings. The smallest absolute Gasteiger partial charge is 0.240 e. The van der Waals surface area contributed by atoms with Gasteiger partial charge in [0.2, 0.25) is 10.0 Å². The number of nitrogens with one attached hydrogen (secondary N) is 2. The predicted octanol–water partition coefficient (Wildman–Crippen LogP) is 3.11. The molecule has 4 nitrogen and oxygen atoms in total. The zero-order chi connectivity index (χ0) is 18.4. The van der Waals surface area contributed by atoms with E-state index in [9.17, 15) is 12.8 Å². The van der Waals surface area contributed by atoms with E-state index in [0.29, 0.717) is 18.5 Å². The number of piperidine rings is 1. The standard InChI is InChI=1S/C20H25FN2O2S/c21-18-6-8-20(9-7-18)26(24,25)23-13-11-19-15-17(10-12-22-19)14-16-4-2-1-3-5-16/h1-9,17,19,22-23H,10-15H2/t17-,19-/m1/s1. The Kier molecular flexibility index (Phi) is 6.40. The number of halogens is 1. The van der Waals surface area contributed by atoms with E-state index in [0.717, 1.165) is 44.4 Å². The summed E-state index contributed by atoms with van der Waals surface area (Å²) in [4.78, 5) is 0.0949. The van der Waals surface area contributed by atoms with Gasteiger partial charge in [-0.2, -0.15) is 0 Å². The van der Waals surface area contributed by atoms with Gasteiger partial charge in [-0.3, -0.25) is 0 Å². The van der Waals surface area contributed by atoms with Gasteiger partial charge in [0.05, 0.1) is 4.90 Å². The van der Waals surface area contributed by atoms with Gasteiger partial charge in [0.15, 0.2) is 0 Å². The maximum Gasteiger partial charge on any atom is 0.240 e. The summed E-state index contributed by atoms with van der Waals surface area (Å²) in [6.45, 7) is 1.34. The first kappa shape index (κ1) is 19.0. The van der Waals surface area contributed by atoms with E-state index in [-0.39, 0.29) is 4.90 Å². The van der Waals surface area contributed by atoms with E-state index >= 15 is 0 Å². The molecule has 3 rings (SSSR count). The van der Waals surface area contributed by atoms with Gasteiger partial charge in [0, 0.05) is 12.6 Å². The van der Waals surface area contributed by atoms with Crippen molar-refractivity contribution in [3.05, 3.63) is 66.0 Å². The molecule has 0 aliphatic carbocycles. The topological polar surface area (TPSA) is 58.2 Å². The van der Waals surface area contributed by atoms with Crippen molar-refractivity contribution in [3.63, 3.8) is 0 Å². The maximum atomic E-state index is 12.9. The van der Waals surface area contributed by atoms with Gasteiger partial charge in [-0.15, -0.1) is 0 Å². The van der Waals surface area contributed by atoms with Gasteiger partial charge < -0.3 is 5.32 Å². The minimum absolute atomic E-state index is 0.0949. The number of sulfonamides is 1. The van der Waals surface area contributed by atoms with Crippen molar-refractivity contribution in [2.24, 2.45) is 5.92 Å². The molecule has 0 amide bonds. The first-order chi connectivity index (χ1) is 12.5. The highest BCUT2D eigenvalue weighted by Gasteiger charge is 2.22. The van der Waals surface area contributed by atoms with Crippen LogP contribution in [0.5, 0.6) is 0 Å².